The van der Waals surface area contributed by atoms with E-state index in [4.69, 9.17) is 0 Å². The molecule has 1 N–H and O–H groups in total. The number of hydrogen-bond donors (Lipinski definition) is 1. The highest BCUT2D eigenvalue weighted by Gasteiger charge is 2.11. The molecule has 1 aromatic heterocycles. The standard InChI is InChI=1S/C16H20FNS/c1-12(9-14-7-8-19-11-14)18-13(2)10-15-5-3-4-6-16(15)17/h3-8,11-13,18H,9-10H2,1-2H3. The Labute approximate surface area is 118 Å². The third-order valence-corrected chi connectivity index (χ3v) is 3.91. The van der Waals surface area contributed by atoms with Gasteiger partial charge in [-0.2, -0.15) is 11.3 Å². The van der Waals surface area contributed by atoms with Crippen molar-refractivity contribution in [2.45, 2.75) is 38.8 Å². The van der Waals surface area contributed by atoms with Gasteiger partial charge in [0.15, 0.2) is 0 Å². The van der Waals surface area contributed by atoms with E-state index in [0.29, 0.717) is 6.04 Å². The Bertz CT molecular complexity index is 495. The van der Waals surface area contributed by atoms with Crippen LogP contribution in [0.3, 0.4) is 0 Å². The van der Waals surface area contributed by atoms with Gasteiger partial charge >= 0.3 is 0 Å². The zero-order valence-corrected chi connectivity index (χ0v) is 12.2. The number of rotatable bonds is 6. The van der Waals surface area contributed by atoms with E-state index in [1.54, 1.807) is 17.4 Å². The van der Waals surface area contributed by atoms with Crippen LogP contribution in [-0.4, -0.2) is 12.1 Å². The summed E-state index contributed by atoms with van der Waals surface area (Å²) in [5, 5.41) is 7.81. The van der Waals surface area contributed by atoms with Crippen LogP contribution in [0.1, 0.15) is 25.0 Å². The van der Waals surface area contributed by atoms with Crippen LogP contribution in [0, 0.1) is 5.82 Å². The van der Waals surface area contributed by atoms with Crippen LogP contribution >= 0.6 is 11.3 Å². The Morgan fingerprint density at radius 3 is 2.53 bits per heavy atom. The van der Waals surface area contributed by atoms with Gasteiger partial charge in [-0.05, 0) is 60.7 Å². The highest BCUT2D eigenvalue weighted by atomic mass is 32.1. The molecule has 102 valence electrons. The second-order valence-electron chi connectivity index (χ2n) is 5.10. The molecule has 2 rings (SSSR count). The third-order valence-electron chi connectivity index (χ3n) is 3.17. The predicted octanol–water partition coefficient (Wildman–Crippen LogP) is 4.04. The lowest BCUT2D eigenvalue weighted by molar-refractivity contribution is 0.456. The molecule has 2 unspecified atom stereocenters. The van der Waals surface area contributed by atoms with Crippen LogP contribution < -0.4 is 5.32 Å². The molecular formula is C16H20FNS. The number of hydrogen-bond acceptors (Lipinski definition) is 2. The fourth-order valence-corrected chi connectivity index (χ4v) is 3.04. The van der Waals surface area contributed by atoms with Gasteiger partial charge in [-0.3, -0.25) is 0 Å². The van der Waals surface area contributed by atoms with Crippen molar-refractivity contribution in [3.63, 3.8) is 0 Å². The summed E-state index contributed by atoms with van der Waals surface area (Å²) in [6, 6.07) is 9.83. The molecule has 0 saturated heterocycles. The van der Waals surface area contributed by atoms with E-state index in [2.05, 4.69) is 36.0 Å². The first-order chi connectivity index (χ1) is 9.15. The minimum absolute atomic E-state index is 0.110. The smallest absolute Gasteiger partial charge is 0.126 e. The summed E-state index contributed by atoms with van der Waals surface area (Å²) in [7, 11) is 0. The molecule has 3 heteroatoms. The molecular weight excluding hydrogens is 257 g/mol. The van der Waals surface area contributed by atoms with Crippen molar-refractivity contribution >= 4 is 11.3 Å². The molecule has 0 aliphatic rings. The first kappa shape index (κ1) is 14.2. The minimum atomic E-state index is -0.110. The van der Waals surface area contributed by atoms with Gasteiger partial charge in [0.25, 0.3) is 0 Å². The minimum Gasteiger partial charge on any atom is -0.311 e. The summed E-state index contributed by atoms with van der Waals surface area (Å²) < 4.78 is 13.6. The van der Waals surface area contributed by atoms with E-state index in [0.717, 1.165) is 18.4 Å². The summed E-state index contributed by atoms with van der Waals surface area (Å²) in [5.41, 5.74) is 2.15. The van der Waals surface area contributed by atoms with Crippen molar-refractivity contribution in [3.8, 4) is 0 Å². The van der Waals surface area contributed by atoms with E-state index in [-0.39, 0.29) is 11.9 Å². The second kappa shape index (κ2) is 6.83. The highest BCUT2D eigenvalue weighted by Crippen LogP contribution is 2.11. The first-order valence-corrected chi connectivity index (χ1v) is 7.60. The first-order valence-electron chi connectivity index (χ1n) is 6.65. The Kier molecular flexibility index (Phi) is 5.11. The van der Waals surface area contributed by atoms with Crippen LogP contribution in [0.5, 0.6) is 0 Å². The maximum atomic E-state index is 13.6. The lowest BCUT2D eigenvalue weighted by atomic mass is 10.0. The molecule has 0 fully saturated rings. The molecule has 0 spiro atoms. The maximum absolute atomic E-state index is 13.6. The molecule has 0 saturated carbocycles. The molecule has 0 aliphatic carbocycles. The summed E-state index contributed by atoms with van der Waals surface area (Å²) in [6.07, 6.45) is 1.74. The number of thiophene rings is 1. The topological polar surface area (TPSA) is 12.0 Å². The second-order valence-corrected chi connectivity index (χ2v) is 5.88. The van der Waals surface area contributed by atoms with Crippen molar-refractivity contribution < 1.29 is 4.39 Å². The summed E-state index contributed by atoms with van der Waals surface area (Å²) in [6.45, 7) is 4.28. The van der Waals surface area contributed by atoms with Gasteiger partial charge in [-0.1, -0.05) is 18.2 Å². The maximum Gasteiger partial charge on any atom is 0.126 e. The van der Waals surface area contributed by atoms with Crippen LogP contribution in [0.2, 0.25) is 0 Å². The Hall–Kier alpha value is -1.19. The van der Waals surface area contributed by atoms with Gasteiger partial charge < -0.3 is 5.32 Å². The van der Waals surface area contributed by atoms with Gasteiger partial charge in [0.05, 0.1) is 0 Å². The Balaban J connectivity index is 1.84. The molecule has 0 bridgehead atoms. The Morgan fingerprint density at radius 2 is 1.84 bits per heavy atom. The van der Waals surface area contributed by atoms with Crippen LogP contribution in [-0.2, 0) is 12.8 Å². The largest absolute Gasteiger partial charge is 0.311 e. The van der Waals surface area contributed by atoms with Crippen molar-refractivity contribution in [2.75, 3.05) is 0 Å². The van der Waals surface area contributed by atoms with E-state index < -0.39 is 0 Å². The van der Waals surface area contributed by atoms with E-state index in [9.17, 15) is 4.39 Å². The van der Waals surface area contributed by atoms with Crippen molar-refractivity contribution in [1.82, 2.24) is 5.32 Å². The van der Waals surface area contributed by atoms with Crippen molar-refractivity contribution in [1.29, 1.82) is 0 Å². The van der Waals surface area contributed by atoms with E-state index >= 15 is 0 Å². The highest BCUT2D eigenvalue weighted by molar-refractivity contribution is 7.07. The van der Waals surface area contributed by atoms with E-state index in [1.807, 2.05) is 12.1 Å². The van der Waals surface area contributed by atoms with Crippen LogP contribution in [0.4, 0.5) is 4.39 Å². The molecule has 1 aromatic carbocycles. The molecule has 2 atom stereocenters. The molecule has 2 aromatic rings. The van der Waals surface area contributed by atoms with Crippen molar-refractivity contribution in [3.05, 3.63) is 58.0 Å². The molecule has 0 amide bonds. The lowest BCUT2D eigenvalue weighted by Crippen LogP contribution is -2.37. The molecule has 1 heterocycles. The van der Waals surface area contributed by atoms with Gasteiger partial charge in [0.2, 0.25) is 0 Å². The zero-order valence-electron chi connectivity index (χ0n) is 11.4. The average Bonchev–Trinajstić information content (AvgIpc) is 2.84. The van der Waals surface area contributed by atoms with Gasteiger partial charge in [-0.15, -0.1) is 0 Å². The fourth-order valence-electron chi connectivity index (χ4n) is 2.36. The number of benzene rings is 1. The normalized spacial score (nSPS) is 14.3. The summed E-state index contributed by atoms with van der Waals surface area (Å²) >= 11 is 1.73. The monoisotopic (exact) mass is 277 g/mol. The quantitative estimate of drug-likeness (QED) is 0.840. The Morgan fingerprint density at radius 1 is 1.11 bits per heavy atom. The molecule has 1 nitrogen and oxygen atoms in total. The van der Waals surface area contributed by atoms with Gasteiger partial charge in [0.1, 0.15) is 5.82 Å². The average molecular weight is 277 g/mol. The molecule has 0 radical (unpaired) electrons. The predicted molar refractivity (Wildman–Crippen MR) is 80.2 cm³/mol. The van der Waals surface area contributed by atoms with Gasteiger partial charge in [-0.25, -0.2) is 4.39 Å². The van der Waals surface area contributed by atoms with Gasteiger partial charge in [0, 0.05) is 12.1 Å². The fraction of sp³-hybridized carbons (Fsp3) is 0.375. The summed E-state index contributed by atoms with van der Waals surface area (Å²) in [4.78, 5) is 0. The lowest BCUT2D eigenvalue weighted by Gasteiger charge is -2.20. The van der Waals surface area contributed by atoms with Crippen molar-refractivity contribution in [2.24, 2.45) is 0 Å². The summed E-state index contributed by atoms with van der Waals surface area (Å²) in [5.74, 6) is -0.110. The number of halogens is 1. The molecule has 0 aliphatic heterocycles. The SMILES string of the molecule is CC(Cc1ccsc1)NC(C)Cc1ccccc1F. The molecule has 19 heavy (non-hydrogen) atoms. The van der Waals surface area contributed by atoms with Crippen LogP contribution in [0.25, 0.3) is 0 Å². The van der Waals surface area contributed by atoms with E-state index in [1.165, 1.54) is 11.6 Å². The zero-order chi connectivity index (χ0) is 13.7. The third kappa shape index (κ3) is 4.44. The number of nitrogens with one attached hydrogen (secondary N) is 1. The van der Waals surface area contributed by atoms with Crippen LogP contribution in [0.15, 0.2) is 41.1 Å².